The van der Waals surface area contributed by atoms with Gasteiger partial charge in [-0.2, -0.15) is 0 Å². The third-order valence-electron chi connectivity index (χ3n) is 4.10. The fraction of sp³-hybridized carbons (Fsp3) is 0.176. The van der Waals surface area contributed by atoms with Crippen molar-refractivity contribution in [2.45, 2.75) is 18.1 Å². The number of aromatic nitrogens is 4. The largest absolute Gasteiger partial charge is 0.333 e. The Hall–Kier alpha value is -3.07. The topological polar surface area (TPSA) is 110 Å². The van der Waals surface area contributed by atoms with E-state index < -0.39 is 4.92 Å². The van der Waals surface area contributed by atoms with E-state index in [1.807, 2.05) is 24.3 Å². The number of non-ortho nitro benzene ring substituents is 1. The number of nitrogens with one attached hydrogen (secondary N) is 2. The van der Waals surface area contributed by atoms with E-state index in [-0.39, 0.29) is 11.4 Å². The Kier molecular flexibility index (Phi) is 4.21. The number of para-hydroxylation sites is 2. The van der Waals surface area contributed by atoms with Gasteiger partial charge in [-0.05, 0) is 24.6 Å². The number of hydrogen-bond acceptors (Lipinski definition) is 5. The average Bonchev–Trinajstić information content (AvgIpc) is 3.18. The molecule has 2 aromatic carbocycles. The van der Waals surface area contributed by atoms with Gasteiger partial charge in [-0.3, -0.25) is 14.7 Å². The second kappa shape index (κ2) is 6.68. The second-order valence-electron chi connectivity index (χ2n) is 5.80. The molecule has 26 heavy (non-hydrogen) atoms. The predicted molar refractivity (Wildman–Crippen MR) is 101 cm³/mol. The van der Waals surface area contributed by atoms with E-state index in [1.165, 1.54) is 23.9 Å². The highest BCUT2D eigenvalue weighted by atomic mass is 32.2. The molecule has 0 aliphatic carbocycles. The molecule has 0 aliphatic heterocycles. The molecule has 0 bridgehead atoms. The summed E-state index contributed by atoms with van der Waals surface area (Å²) >= 11 is 1.53. The van der Waals surface area contributed by atoms with Crippen molar-refractivity contribution in [3.8, 4) is 0 Å². The lowest BCUT2D eigenvalue weighted by molar-refractivity contribution is -0.384. The molecule has 4 rings (SSSR count). The highest BCUT2D eigenvalue weighted by molar-refractivity contribution is 7.99. The molecule has 8 nitrogen and oxygen atoms in total. The number of imidazole rings is 2. The van der Waals surface area contributed by atoms with Crippen molar-refractivity contribution >= 4 is 39.5 Å². The fourth-order valence-electron chi connectivity index (χ4n) is 2.88. The minimum atomic E-state index is -0.425. The Morgan fingerprint density at radius 2 is 2.00 bits per heavy atom. The van der Waals surface area contributed by atoms with Gasteiger partial charge < -0.3 is 9.97 Å². The molecule has 0 aliphatic rings. The van der Waals surface area contributed by atoms with Crippen LogP contribution in [0.25, 0.3) is 22.1 Å². The molecule has 9 heteroatoms. The van der Waals surface area contributed by atoms with Gasteiger partial charge in [0.1, 0.15) is 0 Å². The zero-order valence-electron chi connectivity index (χ0n) is 13.6. The van der Waals surface area contributed by atoms with Crippen molar-refractivity contribution in [1.82, 2.24) is 19.5 Å². The van der Waals surface area contributed by atoms with E-state index >= 15 is 0 Å². The number of rotatable bonds is 6. The molecule has 4 aromatic rings. The zero-order valence-corrected chi connectivity index (χ0v) is 14.5. The van der Waals surface area contributed by atoms with E-state index in [2.05, 4.69) is 15.0 Å². The maximum absolute atomic E-state index is 12.0. The molecule has 0 amide bonds. The Morgan fingerprint density at radius 1 is 1.15 bits per heavy atom. The Labute approximate surface area is 151 Å². The lowest BCUT2D eigenvalue weighted by Gasteiger charge is -2.02. The number of nitrogens with zero attached hydrogens (tertiary/aromatic N) is 3. The van der Waals surface area contributed by atoms with Gasteiger partial charge in [-0.25, -0.2) is 9.78 Å². The van der Waals surface area contributed by atoms with E-state index in [9.17, 15) is 14.9 Å². The predicted octanol–water partition coefficient (Wildman–Crippen LogP) is 3.30. The van der Waals surface area contributed by atoms with Crippen LogP contribution in [0.4, 0.5) is 5.69 Å². The third-order valence-corrected chi connectivity index (χ3v) is 5.06. The highest BCUT2D eigenvalue weighted by Gasteiger charge is 2.10. The molecular weight excluding hydrogens is 354 g/mol. The summed E-state index contributed by atoms with van der Waals surface area (Å²) < 4.78 is 1.73. The van der Waals surface area contributed by atoms with Crippen LogP contribution in [0.3, 0.4) is 0 Å². The smallest absolute Gasteiger partial charge is 0.326 e. The van der Waals surface area contributed by atoms with Gasteiger partial charge >= 0.3 is 5.69 Å². The minimum absolute atomic E-state index is 0.0383. The normalized spacial score (nSPS) is 11.4. The molecule has 0 unspecified atom stereocenters. The van der Waals surface area contributed by atoms with Crippen molar-refractivity contribution in [2.75, 3.05) is 5.75 Å². The molecule has 0 atom stereocenters. The van der Waals surface area contributed by atoms with Crippen molar-refractivity contribution in [2.24, 2.45) is 0 Å². The lowest BCUT2D eigenvalue weighted by atomic mass is 10.3. The first-order valence-electron chi connectivity index (χ1n) is 8.06. The molecular formula is C17H15N5O3S. The first-order valence-corrected chi connectivity index (χ1v) is 9.05. The van der Waals surface area contributed by atoms with Crippen LogP contribution >= 0.6 is 11.8 Å². The van der Waals surface area contributed by atoms with E-state index in [0.717, 1.165) is 23.2 Å². The third kappa shape index (κ3) is 3.08. The minimum Gasteiger partial charge on any atom is -0.333 e. The van der Waals surface area contributed by atoms with E-state index in [1.54, 1.807) is 10.6 Å². The van der Waals surface area contributed by atoms with Crippen LogP contribution in [0.15, 0.2) is 52.4 Å². The molecule has 2 aromatic heterocycles. The standard InChI is InChI=1S/C17H15N5O3S/c23-17-20-13-4-1-2-5-15(13)21(17)8-3-9-26-16-18-12-7-6-11(22(24)25)10-14(12)19-16/h1-2,4-7,10H,3,8-9H2,(H,18,19)(H,20,23). The van der Waals surface area contributed by atoms with Crippen molar-refractivity contribution in [1.29, 1.82) is 0 Å². The molecule has 0 radical (unpaired) electrons. The van der Waals surface area contributed by atoms with Crippen LogP contribution in [0.2, 0.25) is 0 Å². The molecule has 2 N–H and O–H groups in total. The summed E-state index contributed by atoms with van der Waals surface area (Å²) in [5, 5.41) is 11.5. The lowest BCUT2D eigenvalue weighted by Crippen LogP contribution is -2.17. The van der Waals surface area contributed by atoms with Gasteiger partial charge in [-0.15, -0.1) is 0 Å². The van der Waals surface area contributed by atoms with Crippen molar-refractivity contribution in [3.05, 3.63) is 63.1 Å². The van der Waals surface area contributed by atoms with Crippen LogP contribution in [0.5, 0.6) is 0 Å². The molecule has 0 saturated carbocycles. The number of nitro benzene ring substituents is 1. The maximum atomic E-state index is 12.0. The summed E-state index contributed by atoms with van der Waals surface area (Å²) in [6.45, 7) is 0.613. The zero-order chi connectivity index (χ0) is 18.1. The quantitative estimate of drug-likeness (QED) is 0.234. The second-order valence-corrected chi connectivity index (χ2v) is 6.89. The van der Waals surface area contributed by atoms with E-state index in [0.29, 0.717) is 22.7 Å². The van der Waals surface area contributed by atoms with Gasteiger partial charge in [0.25, 0.3) is 5.69 Å². The maximum Gasteiger partial charge on any atom is 0.326 e. The number of aryl methyl sites for hydroxylation is 1. The van der Waals surface area contributed by atoms with Crippen LogP contribution in [-0.2, 0) is 6.54 Å². The van der Waals surface area contributed by atoms with Crippen molar-refractivity contribution < 1.29 is 4.92 Å². The fourth-order valence-corrected chi connectivity index (χ4v) is 3.69. The van der Waals surface area contributed by atoms with Gasteiger partial charge in [0.05, 0.1) is 27.0 Å². The SMILES string of the molecule is O=c1[nH]c2ccccc2n1CCCSc1nc2ccc([N+](=O)[O-])cc2[nH]1. The number of nitro groups is 1. The first kappa shape index (κ1) is 16.4. The number of hydrogen-bond donors (Lipinski definition) is 2. The monoisotopic (exact) mass is 369 g/mol. The number of fused-ring (bicyclic) bond motifs is 2. The van der Waals surface area contributed by atoms with Gasteiger partial charge in [0.2, 0.25) is 0 Å². The molecule has 0 saturated heterocycles. The van der Waals surface area contributed by atoms with E-state index in [4.69, 9.17) is 0 Å². The Balaban J connectivity index is 1.41. The summed E-state index contributed by atoms with van der Waals surface area (Å²) in [7, 11) is 0. The number of aromatic amines is 2. The van der Waals surface area contributed by atoms with Crippen LogP contribution in [0.1, 0.15) is 6.42 Å². The van der Waals surface area contributed by atoms with Crippen molar-refractivity contribution in [3.63, 3.8) is 0 Å². The summed E-state index contributed by atoms with van der Waals surface area (Å²) in [4.78, 5) is 32.8. The molecule has 0 spiro atoms. The first-order chi connectivity index (χ1) is 12.6. The van der Waals surface area contributed by atoms with Crippen LogP contribution < -0.4 is 5.69 Å². The Bertz CT molecular complexity index is 1160. The summed E-state index contributed by atoms with van der Waals surface area (Å²) in [6, 6.07) is 12.2. The molecule has 0 fully saturated rings. The van der Waals surface area contributed by atoms with Crippen LogP contribution in [0, 0.1) is 10.1 Å². The number of thioether (sulfide) groups is 1. The van der Waals surface area contributed by atoms with Gasteiger partial charge in [0.15, 0.2) is 5.16 Å². The highest BCUT2D eigenvalue weighted by Crippen LogP contribution is 2.23. The van der Waals surface area contributed by atoms with Gasteiger partial charge in [-0.1, -0.05) is 23.9 Å². The molecule has 2 heterocycles. The summed E-state index contributed by atoms with van der Waals surface area (Å²) in [5.41, 5.74) is 3.02. The summed E-state index contributed by atoms with van der Waals surface area (Å²) in [5.74, 6) is 0.772. The average molecular weight is 369 g/mol. The Morgan fingerprint density at radius 3 is 2.85 bits per heavy atom. The number of H-pyrrole nitrogens is 2. The number of benzene rings is 2. The molecule has 132 valence electrons. The summed E-state index contributed by atoms with van der Waals surface area (Å²) in [6.07, 6.45) is 0.795. The van der Waals surface area contributed by atoms with Crippen LogP contribution in [-0.4, -0.2) is 30.2 Å². The van der Waals surface area contributed by atoms with Gasteiger partial charge in [0, 0.05) is 24.4 Å².